The predicted octanol–water partition coefficient (Wildman–Crippen LogP) is 2.21. The molecule has 0 amide bonds. The van der Waals surface area contributed by atoms with E-state index in [0.29, 0.717) is 11.5 Å². The first-order valence-corrected chi connectivity index (χ1v) is 4.03. The van der Waals surface area contributed by atoms with Crippen molar-refractivity contribution >= 4 is 5.97 Å². The van der Waals surface area contributed by atoms with Crippen molar-refractivity contribution in [2.45, 2.75) is 33.1 Å². The molecule has 1 aliphatic carbocycles. The lowest BCUT2D eigenvalue weighted by atomic mass is 9.86. The molecule has 2 nitrogen and oxygen atoms in total. The lowest BCUT2D eigenvalue weighted by Gasteiger charge is -2.19. The monoisotopic (exact) mass is 154 g/mol. The van der Waals surface area contributed by atoms with Gasteiger partial charge in [0.1, 0.15) is 0 Å². The average Bonchev–Trinajstić information content (AvgIpc) is 1.85. The Morgan fingerprint density at radius 2 is 2.27 bits per heavy atom. The predicted molar refractivity (Wildman–Crippen MR) is 43.4 cm³/mol. The molecule has 0 saturated heterocycles. The van der Waals surface area contributed by atoms with Gasteiger partial charge in [0.05, 0.1) is 0 Å². The van der Waals surface area contributed by atoms with Crippen LogP contribution in [0.15, 0.2) is 11.1 Å². The molecule has 1 unspecified atom stereocenters. The number of carboxylic acids is 1. The topological polar surface area (TPSA) is 37.3 Å². The van der Waals surface area contributed by atoms with Crippen molar-refractivity contribution < 1.29 is 9.90 Å². The molecule has 0 aliphatic heterocycles. The van der Waals surface area contributed by atoms with Crippen molar-refractivity contribution in [3.05, 3.63) is 11.1 Å². The van der Waals surface area contributed by atoms with Crippen LogP contribution in [0.4, 0.5) is 0 Å². The van der Waals surface area contributed by atoms with Gasteiger partial charge in [-0.3, -0.25) is 0 Å². The minimum absolute atomic E-state index is 0.642. The number of aliphatic carboxylic acids is 1. The first-order valence-electron chi connectivity index (χ1n) is 4.03. The van der Waals surface area contributed by atoms with Crippen molar-refractivity contribution in [2.75, 3.05) is 0 Å². The Morgan fingerprint density at radius 3 is 2.73 bits per heavy atom. The Labute approximate surface area is 66.9 Å². The molecule has 0 saturated carbocycles. The fourth-order valence-electron chi connectivity index (χ4n) is 1.64. The van der Waals surface area contributed by atoms with Gasteiger partial charge in [0.2, 0.25) is 0 Å². The van der Waals surface area contributed by atoms with Gasteiger partial charge < -0.3 is 5.11 Å². The zero-order valence-corrected chi connectivity index (χ0v) is 7.05. The summed E-state index contributed by atoms with van der Waals surface area (Å²) in [6.07, 6.45) is 2.74. The van der Waals surface area contributed by atoms with Crippen LogP contribution in [-0.4, -0.2) is 11.1 Å². The SMILES string of the molecule is CC1=C(C(=O)O)CCC(C)C1. The van der Waals surface area contributed by atoms with Gasteiger partial charge in [0.25, 0.3) is 0 Å². The van der Waals surface area contributed by atoms with Crippen LogP contribution in [0.2, 0.25) is 0 Å². The second-order valence-corrected chi connectivity index (χ2v) is 3.41. The van der Waals surface area contributed by atoms with Crippen LogP contribution in [-0.2, 0) is 4.79 Å². The lowest BCUT2D eigenvalue weighted by Crippen LogP contribution is -2.12. The zero-order chi connectivity index (χ0) is 8.43. The molecule has 0 aromatic heterocycles. The quantitative estimate of drug-likeness (QED) is 0.628. The summed E-state index contributed by atoms with van der Waals surface area (Å²) in [7, 11) is 0. The highest BCUT2D eigenvalue weighted by Gasteiger charge is 2.19. The first-order chi connectivity index (χ1) is 5.11. The van der Waals surface area contributed by atoms with Gasteiger partial charge in [0.15, 0.2) is 0 Å². The molecule has 62 valence electrons. The summed E-state index contributed by atoms with van der Waals surface area (Å²) >= 11 is 0. The van der Waals surface area contributed by atoms with E-state index in [1.165, 1.54) is 0 Å². The van der Waals surface area contributed by atoms with Crippen LogP contribution >= 0.6 is 0 Å². The minimum atomic E-state index is -0.727. The molecular formula is C9H14O2. The summed E-state index contributed by atoms with van der Waals surface area (Å²) in [5, 5.41) is 8.74. The van der Waals surface area contributed by atoms with Crippen molar-refractivity contribution in [1.82, 2.24) is 0 Å². The van der Waals surface area contributed by atoms with Crippen LogP contribution in [0, 0.1) is 5.92 Å². The molecule has 1 rings (SSSR count). The highest BCUT2D eigenvalue weighted by molar-refractivity contribution is 5.87. The molecule has 1 aliphatic rings. The van der Waals surface area contributed by atoms with Gasteiger partial charge >= 0.3 is 5.97 Å². The summed E-state index contributed by atoms with van der Waals surface area (Å²) in [6, 6.07) is 0. The number of carbonyl (C=O) groups is 1. The third-order valence-electron chi connectivity index (χ3n) is 2.32. The van der Waals surface area contributed by atoms with E-state index in [-0.39, 0.29) is 0 Å². The number of carboxylic acid groups (broad SMARTS) is 1. The van der Waals surface area contributed by atoms with E-state index >= 15 is 0 Å². The summed E-state index contributed by atoms with van der Waals surface area (Å²) in [6.45, 7) is 4.10. The highest BCUT2D eigenvalue weighted by atomic mass is 16.4. The van der Waals surface area contributed by atoms with E-state index in [4.69, 9.17) is 5.11 Å². The second-order valence-electron chi connectivity index (χ2n) is 3.41. The van der Waals surface area contributed by atoms with Gasteiger partial charge in [-0.25, -0.2) is 4.79 Å². The maximum absolute atomic E-state index is 10.6. The molecule has 1 atom stereocenters. The zero-order valence-electron chi connectivity index (χ0n) is 7.05. The van der Waals surface area contributed by atoms with Crippen molar-refractivity contribution in [2.24, 2.45) is 5.92 Å². The summed E-state index contributed by atoms with van der Waals surface area (Å²) in [5.41, 5.74) is 1.71. The van der Waals surface area contributed by atoms with E-state index in [2.05, 4.69) is 6.92 Å². The summed E-state index contributed by atoms with van der Waals surface area (Å²) in [4.78, 5) is 10.6. The standard InChI is InChI=1S/C9H14O2/c1-6-3-4-8(9(10)11)7(2)5-6/h6H,3-5H2,1-2H3,(H,10,11). The van der Waals surface area contributed by atoms with Crippen molar-refractivity contribution in [3.8, 4) is 0 Å². The number of hydrogen-bond acceptors (Lipinski definition) is 1. The Balaban J connectivity index is 2.78. The van der Waals surface area contributed by atoms with E-state index in [1.54, 1.807) is 0 Å². The third kappa shape index (κ3) is 1.82. The second kappa shape index (κ2) is 3.07. The van der Waals surface area contributed by atoms with Crippen LogP contribution in [0.3, 0.4) is 0 Å². The molecule has 1 N–H and O–H groups in total. The molecular weight excluding hydrogens is 140 g/mol. The third-order valence-corrected chi connectivity index (χ3v) is 2.32. The van der Waals surface area contributed by atoms with Gasteiger partial charge in [-0.2, -0.15) is 0 Å². The highest BCUT2D eigenvalue weighted by Crippen LogP contribution is 2.28. The smallest absolute Gasteiger partial charge is 0.331 e. The minimum Gasteiger partial charge on any atom is -0.478 e. The molecule has 0 aromatic carbocycles. The van der Waals surface area contributed by atoms with E-state index < -0.39 is 5.97 Å². The van der Waals surface area contributed by atoms with Gasteiger partial charge in [0, 0.05) is 5.57 Å². The Bertz CT molecular complexity index is 204. The summed E-state index contributed by atoms with van der Waals surface area (Å²) < 4.78 is 0. The molecule has 0 aromatic rings. The molecule has 0 heterocycles. The average molecular weight is 154 g/mol. The fraction of sp³-hybridized carbons (Fsp3) is 0.667. The number of rotatable bonds is 1. The van der Waals surface area contributed by atoms with Crippen LogP contribution < -0.4 is 0 Å². The van der Waals surface area contributed by atoms with Gasteiger partial charge in [-0.1, -0.05) is 12.5 Å². The lowest BCUT2D eigenvalue weighted by molar-refractivity contribution is -0.133. The normalized spacial score (nSPS) is 25.5. The number of hydrogen-bond donors (Lipinski definition) is 1. The van der Waals surface area contributed by atoms with Crippen molar-refractivity contribution in [1.29, 1.82) is 0 Å². The van der Waals surface area contributed by atoms with E-state index in [9.17, 15) is 4.79 Å². The molecule has 2 heteroatoms. The Hall–Kier alpha value is -0.790. The molecule has 11 heavy (non-hydrogen) atoms. The molecule has 0 spiro atoms. The first kappa shape index (κ1) is 8.31. The van der Waals surface area contributed by atoms with Gasteiger partial charge in [-0.15, -0.1) is 0 Å². The molecule has 0 radical (unpaired) electrons. The number of allylic oxidation sites excluding steroid dienone is 1. The Kier molecular flexibility index (Phi) is 2.32. The fourth-order valence-corrected chi connectivity index (χ4v) is 1.64. The van der Waals surface area contributed by atoms with E-state index in [0.717, 1.165) is 24.8 Å². The maximum Gasteiger partial charge on any atom is 0.331 e. The Morgan fingerprint density at radius 1 is 1.64 bits per heavy atom. The molecule has 0 fully saturated rings. The van der Waals surface area contributed by atoms with Gasteiger partial charge in [-0.05, 0) is 32.1 Å². The summed E-state index contributed by atoms with van der Waals surface area (Å²) in [5.74, 6) is -0.0625. The van der Waals surface area contributed by atoms with E-state index in [1.807, 2.05) is 6.92 Å². The molecule has 0 bridgehead atoms. The largest absolute Gasteiger partial charge is 0.478 e. The van der Waals surface area contributed by atoms with Crippen LogP contribution in [0.1, 0.15) is 33.1 Å². The maximum atomic E-state index is 10.6. The van der Waals surface area contributed by atoms with Crippen LogP contribution in [0.5, 0.6) is 0 Å². The van der Waals surface area contributed by atoms with Crippen LogP contribution in [0.25, 0.3) is 0 Å². The van der Waals surface area contributed by atoms with Crippen molar-refractivity contribution in [3.63, 3.8) is 0 Å².